The fraction of sp³-hybridized carbons (Fsp3) is 0.385. The fourth-order valence-electron chi connectivity index (χ4n) is 1.39. The number of esters is 1. The molecule has 1 aromatic rings. The summed E-state index contributed by atoms with van der Waals surface area (Å²) >= 11 is 4.90. The SMILES string of the molecule is COC(=O)CN(C(=O)/C=C/c1ccc(Br)s1)C(C)C. The highest BCUT2D eigenvalue weighted by Gasteiger charge is 2.18. The Bertz CT molecular complexity index is 482. The van der Waals surface area contributed by atoms with Crippen LogP contribution in [0.5, 0.6) is 0 Å². The van der Waals surface area contributed by atoms with Gasteiger partial charge in [0, 0.05) is 17.0 Å². The third-order valence-corrected chi connectivity index (χ3v) is 4.01. The molecular formula is C13H16BrNO3S. The minimum absolute atomic E-state index is 0.0362. The molecule has 1 amide bonds. The summed E-state index contributed by atoms with van der Waals surface area (Å²) < 4.78 is 5.60. The van der Waals surface area contributed by atoms with Crippen molar-refractivity contribution in [3.63, 3.8) is 0 Å². The minimum atomic E-state index is -0.422. The smallest absolute Gasteiger partial charge is 0.325 e. The Hall–Kier alpha value is -1.14. The Balaban J connectivity index is 2.72. The van der Waals surface area contributed by atoms with Crippen molar-refractivity contribution in [2.24, 2.45) is 0 Å². The van der Waals surface area contributed by atoms with E-state index in [1.165, 1.54) is 29.4 Å². The molecule has 4 nitrogen and oxygen atoms in total. The molecule has 0 saturated carbocycles. The molecule has 1 heterocycles. The first-order valence-corrected chi connectivity index (χ1v) is 7.36. The maximum atomic E-state index is 12.0. The van der Waals surface area contributed by atoms with Crippen LogP contribution in [0.15, 0.2) is 22.0 Å². The lowest BCUT2D eigenvalue weighted by molar-refractivity contribution is -0.146. The Morgan fingerprint density at radius 2 is 2.16 bits per heavy atom. The van der Waals surface area contributed by atoms with Gasteiger partial charge in [0.25, 0.3) is 0 Å². The normalized spacial score (nSPS) is 11.0. The molecule has 1 rings (SSSR count). The molecule has 0 aliphatic heterocycles. The number of ether oxygens (including phenoxy) is 1. The van der Waals surface area contributed by atoms with Crippen molar-refractivity contribution in [2.75, 3.05) is 13.7 Å². The summed E-state index contributed by atoms with van der Waals surface area (Å²) in [5, 5.41) is 0. The lowest BCUT2D eigenvalue weighted by Gasteiger charge is -2.23. The molecule has 0 aliphatic carbocycles. The molecule has 0 N–H and O–H groups in total. The maximum Gasteiger partial charge on any atom is 0.325 e. The van der Waals surface area contributed by atoms with E-state index in [0.717, 1.165) is 8.66 Å². The fourth-order valence-corrected chi connectivity index (χ4v) is 2.71. The predicted molar refractivity (Wildman–Crippen MR) is 79.9 cm³/mol. The van der Waals surface area contributed by atoms with Crippen LogP contribution in [-0.4, -0.2) is 36.5 Å². The first-order chi connectivity index (χ1) is 8.93. The van der Waals surface area contributed by atoms with Crippen molar-refractivity contribution in [2.45, 2.75) is 19.9 Å². The van der Waals surface area contributed by atoms with E-state index < -0.39 is 5.97 Å². The van der Waals surface area contributed by atoms with Crippen LogP contribution in [0.3, 0.4) is 0 Å². The van der Waals surface area contributed by atoms with Crippen LogP contribution in [0.25, 0.3) is 6.08 Å². The molecule has 0 aliphatic rings. The number of nitrogens with zero attached hydrogens (tertiary/aromatic N) is 1. The van der Waals surface area contributed by atoms with Gasteiger partial charge in [0.2, 0.25) is 5.91 Å². The van der Waals surface area contributed by atoms with Crippen LogP contribution in [0, 0.1) is 0 Å². The van der Waals surface area contributed by atoms with Gasteiger partial charge in [0.1, 0.15) is 6.54 Å². The lowest BCUT2D eigenvalue weighted by Crippen LogP contribution is -2.40. The average Bonchev–Trinajstić information content (AvgIpc) is 2.78. The van der Waals surface area contributed by atoms with Crippen LogP contribution in [-0.2, 0) is 14.3 Å². The molecule has 0 bridgehead atoms. The van der Waals surface area contributed by atoms with Crippen molar-refractivity contribution in [3.8, 4) is 0 Å². The second-order valence-electron chi connectivity index (χ2n) is 4.11. The summed E-state index contributed by atoms with van der Waals surface area (Å²) in [6.07, 6.45) is 3.21. The van der Waals surface area contributed by atoms with Gasteiger partial charge in [0.05, 0.1) is 10.9 Å². The highest BCUT2D eigenvalue weighted by atomic mass is 79.9. The first kappa shape index (κ1) is 15.9. The number of hydrogen-bond donors (Lipinski definition) is 0. The van der Waals surface area contributed by atoms with Crippen molar-refractivity contribution in [3.05, 3.63) is 26.9 Å². The standard InChI is InChI=1S/C13H16BrNO3S/c1-9(2)15(8-13(17)18-3)12(16)7-5-10-4-6-11(14)19-10/h4-7,9H,8H2,1-3H3/b7-5+. The number of halogens is 1. The van der Waals surface area contributed by atoms with Crippen molar-refractivity contribution >= 4 is 45.2 Å². The summed E-state index contributed by atoms with van der Waals surface area (Å²) in [5.74, 6) is -0.626. The maximum absolute atomic E-state index is 12.0. The molecule has 0 saturated heterocycles. The molecule has 0 atom stereocenters. The van der Waals surface area contributed by atoms with Gasteiger partial charge in [-0.05, 0) is 48.0 Å². The van der Waals surface area contributed by atoms with Gasteiger partial charge in [-0.3, -0.25) is 9.59 Å². The number of carbonyl (C=O) groups is 2. The summed E-state index contributed by atoms with van der Waals surface area (Å²) in [6.45, 7) is 3.68. The largest absolute Gasteiger partial charge is 0.468 e. The third-order valence-electron chi connectivity index (χ3n) is 2.42. The van der Waals surface area contributed by atoms with E-state index in [9.17, 15) is 9.59 Å². The highest BCUT2D eigenvalue weighted by molar-refractivity contribution is 9.11. The average molecular weight is 346 g/mol. The van der Waals surface area contributed by atoms with E-state index in [1.54, 1.807) is 6.08 Å². The molecule has 0 aromatic carbocycles. The van der Waals surface area contributed by atoms with E-state index >= 15 is 0 Å². The first-order valence-electron chi connectivity index (χ1n) is 5.75. The molecule has 104 valence electrons. The number of methoxy groups -OCH3 is 1. The molecule has 1 aromatic heterocycles. The Morgan fingerprint density at radius 1 is 1.47 bits per heavy atom. The van der Waals surface area contributed by atoms with Gasteiger partial charge >= 0.3 is 5.97 Å². The lowest BCUT2D eigenvalue weighted by atomic mass is 10.3. The summed E-state index contributed by atoms with van der Waals surface area (Å²) in [4.78, 5) is 25.7. The number of amides is 1. The van der Waals surface area contributed by atoms with Crippen LogP contribution in [0.2, 0.25) is 0 Å². The third kappa shape index (κ3) is 5.16. The second-order valence-corrected chi connectivity index (χ2v) is 6.61. The van der Waals surface area contributed by atoms with E-state index in [0.29, 0.717) is 0 Å². The van der Waals surface area contributed by atoms with E-state index in [2.05, 4.69) is 20.7 Å². The topological polar surface area (TPSA) is 46.6 Å². The van der Waals surface area contributed by atoms with E-state index in [-0.39, 0.29) is 18.5 Å². The minimum Gasteiger partial charge on any atom is -0.468 e. The summed E-state index contributed by atoms with van der Waals surface area (Å²) in [7, 11) is 1.31. The summed E-state index contributed by atoms with van der Waals surface area (Å²) in [5.41, 5.74) is 0. The van der Waals surface area contributed by atoms with Crippen LogP contribution in [0.4, 0.5) is 0 Å². The number of carbonyl (C=O) groups excluding carboxylic acids is 2. The predicted octanol–water partition coefficient (Wildman–Crippen LogP) is 2.93. The van der Waals surface area contributed by atoms with Gasteiger partial charge in [-0.1, -0.05) is 0 Å². The second kappa shape index (κ2) is 7.45. The van der Waals surface area contributed by atoms with Crippen LogP contribution in [0.1, 0.15) is 18.7 Å². The van der Waals surface area contributed by atoms with Gasteiger partial charge in [-0.2, -0.15) is 0 Å². The van der Waals surface area contributed by atoms with E-state index in [1.807, 2.05) is 26.0 Å². The highest BCUT2D eigenvalue weighted by Crippen LogP contribution is 2.23. The Labute approximate surface area is 125 Å². The zero-order valence-corrected chi connectivity index (χ0v) is 13.5. The van der Waals surface area contributed by atoms with Crippen LogP contribution >= 0.6 is 27.3 Å². The number of rotatable bonds is 5. The summed E-state index contributed by atoms with van der Waals surface area (Å²) in [6, 6.07) is 3.77. The molecule has 0 spiro atoms. The molecule has 19 heavy (non-hydrogen) atoms. The zero-order valence-electron chi connectivity index (χ0n) is 11.1. The van der Waals surface area contributed by atoms with Gasteiger partial charge in [0.15, 0.2) is 0 Å². The number of hydrogen-bond acceptors (Lipinski definition) is 4. The molecule has 0 unspecified atom stereocenters. The van der Waals surface area contributed by atoms with Gasteiger partial charge in [-0.25, -0.2) is 0 Å². The van der Waals surface area contributed by atoms with Gasteiger partial charge in [-0.15, -0.1) is 11.3 Å². The van der Waals surface area contributed by atoms with Gasteiger partial charge < -0.3 is 9.64 Å². The van der Waals surface area contributed by atoms with E-state index in [4.69, 9.17) is 0 Å². The van der Waals surface area contributed by atoms with Crippen molar-refractivity contribution in [1.82, 2.24) is 4.90 Å². The van der Waals surface area contributed by atoms with Crippen molar-refractivity contribution in [1.29, 1.82) is 0 Å². The molecule has 0 radical (unpaired) electrons. The number of thiophene rings is 1. The van der Waals surface area contributed by atoms with Crippen molar-refractivity contribution < 1.29 is 14.3 Å². The molecule has 6 heteroatoms. The monoisotopic (exact) mass is 345 g/mol. The quantitative estimate of drug-likeness (QED) is 0.608. The van der Waals surface area contributed by atoms with Crippen LogP contribution < -0.4 is 0 Å². The Kier molecular flexibility index (Phi) is 6.24. The molecule has 0 fully saturated rings. The zero-order chi connectivity index (χ0) is 14.4. The molecular weight excluding hydrogens is 330 g/mol. The Morgan fingerprint density at radius 3 is 2.63 bits per heavy atom.